The van der Waals surface area contributed by atoms with Crippen LogP contribution in [0.2, 0.25) is 0 Å². The van der Waals surface area contributed by atoms with Crippen molar-refractivity contribution in [3.05, 3.63) is 29.8 Å². The number of anilines is 1. The van der Waals surface area contributed by atoms with Gasteiger partial charge in [0.15, 0.2) is 5.82 Å². The van der Waals surface area contributed by atoms with Gasteiger partial charge >= 0.3 is 0 Å². The summed E-state index contributed by atoms with van der Waals surface area (Å²) in [5, 5.41) is 3.99. The van der Waals surface area contributed by atoms with Crippen LogP contribution >= 0.6 is 0 Å². The van der Waals surface area contributed by atoms with Gasteiger partial charge in [0.25, 0.3) is 5.89 Å². The van der Waals surface area contributed by atoms with E-state index >= 15 is 0 Å². The Labute approximate surface area is 104 Å². The minimum atomic E-state index is -0.465. The van der Waals surface area contributed by atoms with Crippen LogP contribution in [0.3, 0.4) is 0 Å². The van der Waals surface area contributed by atoms with E-state index in [-0.39, 0.29) is 5.69 Å². The van der Waals surface area contributed by atoms with Gasteiger partial charge in [0, 0.05) is 11.5 Å². The van der Waals surface area contributed by atoms with Crippen LogP contribution in [0.5, 0.6) is 0 Å². The predicted octanol–water partition coefficient (Wildman–Crippen LogP) is 3.12. The molecule has 1 saturated carbocycles. The Morgan fingerprint density at radius 2 is 2.06 bits per heavy atom. The zero-order valence-electron chi connectivity index (χ0n) is 9.90. The summed E-state index contributed by atoms with van der Waals surface area (Å²) in [5.41, 5.74) is 6.12. The largest absolute Gasteiger partial charge is 0.396 e. The number of benzene rings is 1. The van der Waals surface area contributed by atoms with Gasteiger partial charge in [-0.1, -0.05) is 18.0 Å². The first-order valence-corrected chi connectivity index (χ1v) is 6.13. The second kappa shape index (κ2) is 4.40. The smallest absolute Gasteiger partial charge is 0.258 e. The van der Waals surface area contributed by atoms with Gasteiger partial charge in [-0.05, 0) is 31.0 Å². The topological polar surface area (TPSA) is 64.9 Å². The van der Waals surface area contributed by atoms with Gasteiger partial charge in [0.2, 0.25) is 0 Å². The number of aromatic nitrogens is 2. The fourth-order valence-electron chi connectivity index (χ4n) is 2.36. The Hall–Kier alpha value is -1.91. The van der Waals surface area contributed by atoms with E-state index in [1.54, 1.807) is 6.07 Å². The molecule has 2 N–H and O–H groups in total. The first-order chi connectivity index (χ1) is 8.74. The van der Waals surface area contributed by atoms with Crippen LogP contribution in [0.25, 0.3) is 11.5 Å². The third-order valence-electron chi connectivity index (χ3n) is 3.41. The molecule has 18 heavy (non-hydrogen) atoms. The van der Waals surface area contributed by atoms with Gasteiger partial charge < -0.3 is 10.3 Å². The average Bonchev–Trinajstić information content (AvgIpc) is 3.01. The van der Waals surface area contributed by atoms with Gasteiger partial charge in [0.1, 0.15) is 5.82 Å². The predicted molar refractivity (Wildman–Crippen MR) is 65.3 cm³/mol. The van der Waals surface area contributed by atoms with Gasteiger partial charge in [-0.2, -0.15) is 4.98 Å². The minimum Gasteiger partial charge on any atom is -0.396 e. The van der Waals surface area contributed by atoms with Crippen molar-refractivity contribution in [1.29, 1.82) is 0 Å². The second-order valence-electron chi connectivity index (χ2n) is 4.68. The minimum absolute atomic E-state index is 0.120. The van der Waals surface area contributed by atoms with Crippen LogP contribution in [-0.4, -0.2) is 10.1 Å². The quantitative estimate of drug-likeness (QED) is 0.828. The van der Waals surface area contributed by atoms with Crippen molar-refractivity contribution < 1.29 is 8.91 Å². The van der Waals surface area contributed by atoms with Crippen molar-refractivity contribution in [2.75, 3.05) is 5.73 Å². The molecule has 0 aliphatic heterocycles. The standard InChI is InChI=1S/C13H14FN3O/c14-10-7-9(5-6-11(10)15)13-16-12(17-18-13)8-3-1-2-4-8/h5-8H,1-4,15H2. The van der Waals surface area contributed by atoms with Crippen LogP contribution in [0.15, 0.2) is 22.7 Å². The van der Waals surface area contributed by atoms with Crippen LogP contribution in [0, 0.1) is 5.82 Å². The van der Waals surface area contributed by atoms with Crippen LogP contribution < -0.4 is 5.73 Å². The summed E-state index contributed by atoms with van der Waals surface area (Å²) in [6, 6.07) is 4.51. The van der Waals surface area contributed by atoms with Crippen molar-refractivity contribution in [2.45, 2.75) is 31.6 Å². The van der Waals surface area contributed by atoms with Crippen molar-refractivity contribution >= 4 is 5.69 Å². The van der Waals surface area contributed by atoms with E-state index in [0.29, 0.717) is 17.4 Å². The molecule has 2 aromatic rings. The van der Waals surface area contributed by atoms with E-state index in [9.17, 15) is 4.39 Å². The molecule has 0 atom stereocenters. The third kappa shape index (κ3) is 1.96. The SMILES string of the molecule is Nc1ccc(-c2nc(C3CCCC3)no2)cc1F. The van der Waals surface area contributed by atoms with Gasteiger partial charge in [-0.25, -0.2) is 4.39 Å². The number of halogens is 1. The van der Waals surface area contributed by atoms with E-state index < -0.39 is 5.82 Å². The Balaban J connectivity index is 1.89. The van der Waals surface area contributed by atoms with E-state index in [1.165, 1.54) is 25.0 Å². The van der Waals surface area contributed by atoms with Crippen molar-refractivity contribution in [3.8, 4) is 11.5 Å². The molecule has 4 nitrogen and oxygen atoms in total. The van der Waals surface area contributed by atoms with E-state index in [2.05, 4.69) is 10.1 Å². The molecule has 0 amide bonds. The van der Waals surface area contributed by atoms with Crippen molar-refractivity contribution in [2.24, 2.45) is 0 Å². The van der Waals surface area contributed by atoms with Gasteiger partial charge in [0.05, 0.1) is 5.69 Å². The summed E-state index contributed by atoms with van der Waals surface area (Å²) in [4.78, 5) is 4.35. The van der Waals surface area contributed by atoms with Crippen LogP contribution in [0.1, 0.15) is 37.4 Å². The Morgan fingerprint density at radius 1 is 1.28 bits per heavy atom. The number of nitrogens with zero attached hydrogens (tertiary/aromatic N) is 2. The van der Waals surface area contributed by atoms with E-state index in [4.69, 9.17) is 10.3 Å². The van der Waals surface area contributed by atoms with E-state index in [0.717, 1.165) is 18.7 Å². The van der Waals surface area contributed by atoms with Crippen molar-refractivity contribution in [1.82, 2.24) is 10.1 Å². The summed E-state index contributed by atoms with van der Waals surface area (Å²) < 4.78 is 18.5. The summed E-state index contributed by atoms with van der Waals surface area (Å²) in [6.45, 7) is 0. The lowest BCUT2D eigenvalue weighted by atomic mass is 10.1. The maximum Gasteiger partial charge on any atom is 0.258 e. The maximum atomic E-state index is 13.4. The van der Waals surface area contributed by atoms with Crippen LogP contribution in [-0.2, 0) is 0 Å². The second-order valence-corrected chi connectivity index (χ2v) is 4.68. The molecule has 0 bridgehead atoms. The highest BCUT2D eigenvalue weighted by Crippen LogP contribution is 2.33. The molecule has 1 aromatic carbocycles. The molecule has 94 valence electrons. The van der Waals surface area contributed by atoms with Gasteiger partial charge in [-0.15, -0.1) is 0 Å². The molecular formula is C13H14FN3O. The zero-order chi connectivity index (χ0) is 12.5. The lowest BCUT2D eigenvalue weighted by molar-refractivity contribution is 0.415. The summed E-state index contributed by atoms with van der Waals surface area (Å²) >= 11 is 0. The fraction of sp³-hybridized carbons (Fsp3) is 0.385. The zero-order valence-corrected chi connectivity index (χ0v) is 9.90. The lowest BCUT2D eigenvalue weighted by Crippen LogP contribution is -1.94. The average molecular weight is 247 g/mol. The first-order valence-electron chi connectivity index (χ1n) is 6.13. The summed E-state index contributed by atoms with van der Waals surface area (Å²) in [6.07, 6.45) is 4.64. The molecule has 5 heteroatoms. The summed E-state index contributed by atoms with van der Waals surface area (Å²) in [7, 11) is 0. The van der Waals surface area contributed by atoms with E-state index in [1.807, 2.05) is 0 Å². The normalized spacial score (nSPS) is 16.3. The number of hydrogen-bond acceptors (Lipinski definition) is 4. The number of nitrogens with two attached hydrogens (primary N) is 1. The molecule has 1 aromatic heterocycles. The van der Waals surface area contributed by atoms with Gasteiger partial charge in [-0.3, -0.25) is 0 Å². The highest BCUT2D eigenvalue weighted by Gasteiger charge is 2.22. The summed E-state index contributed by atoms with van der Waals surface area (Å²) in [5.74, 6) is 1.02. The lowest BCUT2D eigenvalue weighted by Gasteiger charge is -2.00. The molecule has 1 aliphatic rings. The fourth-order valence-corrected chi connectivity index (χ4v) is 2.36. The molecule has 1 aliphatic carbocycles. The number of hydrogen-bond donors (Lipinski definition) is 1. The molecule has 3 rings (SSSR count). The Morgan fingerprint density at radius 3 is 2.78 bits per heavy atom. The maximum absolute atomic E-state index is 13.4. The molecule has 1 heterocycles. The van der Waals surface area contributed by atoms with Crippen molar-refractivity contribution in [3.63, 3.8) is 0 Å². The van der Waals surface area contributed by atoms with Crippen LogP contribution in [0.4, 0.5) is 10.1 Å². The monoisotopic (exact) mass is 247 g/mol. The molecule has 0 radical (unpaired) electrons. The first kappa shape index (κ1) is 11.2. The number of rotatable bonds is 2. The Bertz CT molecular complexity index is 561. The third-order valence-corrected chi connectivity index (χ3v) is 3.41. The molecule has 0 unspecified atom stereocenters. The molecule has 0 saturated heterocycles. The molecule has 1 fully saturated rings. The highest BCUT2D eigenvalue weighted by molar-refractivity contribution is 5.57. The molecular weight excluding hydrogens is 233 g/mol. The molecule has 0 spiro atoms. The highest BCUT2D eigenvalue weighted by atomic mass is 19.1. The number of nitrogen functional groups attached to an aromatic ring is 1. The Kier molecular flexibility index (Phi) is 2.74.